The number of ether oxygens (including phenoxy) is 2. The van der Waals surface area contributed by atoms with Gasteiger partial charge in [0.05, 0.1) is 13.2 Å². The molecule has 1 aromatic rings. The molecule has 2 saturated heterocycles. The van der Waals surface area contributed by atoms with Crippen LogP contribution in [0.25, 0.3) is 0 Å². The fourth-order valence-electron chi connectivity index (χ4n) is 4.16. The van der Waals surface area contributed by atoms with Crippen LogP contribution in [0.1, 0.15) is 31.4 Å². The molecule has 2 aliphatic heterocycles. The lowest BCUT2D eigenvalue weighted by atomic mass is 10.1. The number of aryl methyl sites for hydroxylation is 1. The molecule has 7 nitrogen and oxygen atoms in total. The third-order valence-corrected chi connectivity index (χ3v) is 6.43. The number of hydrogen-bond acceptors (Lipinski definition) is 5. The van der Waals surface area contributed by atoms with E-state index in [9.17, 15) is 0 Å². The quantitative estimate of drug-likeness (QED) is 0.461. The zero-order valence-electron chi connectivity index (χ0n) is 19.8. The van der Waals surface area contributed by atoms with Crippen molar-refractivity contribution < 1.29 is 9.47 Å². The molecule has 0 spiro atoms. The lowest BCUT2D eigenvalue weighted by molar-refractivity contribution is 0.107. The Morgan fingerprint density at radius 2 is 2.06 bits per heavy atom. The summed E-state index contributed by atoms with van der Waals surface area (Å²) in [6.07, 6.45) is 1.08. The van der Waals surface area contributed by atoms with Crippen molar-refractivity contribution in [2.24, 2.45) is 10.9 Å². The Labute approximate surface area is 188 Å². The van der Waals surface area contributed by atoms with Crippen LogP contribution in [0.5, 0.6) is 5.75 Å². The molecule has 2 fully saturated rings. The van der Waals surface area contributed by atoms with E-state index in [2.05, 4.69) is 64.4 Å². The SMILES string of the molecule is CCN1CCN(C(C)CNC(=NC)NCc2ccc(C)cc2OCC2CCOC2)CC1. The van der Waals surface area contributed by atoms with Crippen LogP contribution in [0.15, 0.2) is 23.2 Å². The molecule has 3 rings (SSSR count). The third-order valence-electron chi connectivity index (χ3n) is 6.43. The lowest BCUT2D eigenvalue weighted by Crippen LogP contribution is -2.53. The maximum absolute atomic E-state index is 6.17. The number of guanidine groups is 1. The molecule has 0 amide bonds. The van der Waals surface area contributed by atoms with Crippen LogP contribution in [0.3, 0.4) is 0 Å². The zero-order valence-corrected chi connectivity index (χ0v) is 19.8. The van der Waals surface area contributed by atoms with E-state index in [0.29, 0.717) is 25.1 Å². The molecule has 0 aromatic heterocycles. The number of rotatable bonds is 9. The van der Waals surface area contributed by atoms with E-state index in [1.807, 2.05) is 7.05 Å². The van der Waals surface area contributed by atoms with Gasteiger partial charge in [0.1, 0.15) is 5.75 Å². The van der Waals surface area contributed by atoms with Crippen molar-refractivity contribution in [1.82, 2.24) is 20.4 Å². The van der Waals surface area contributed by atoms with Crippen LogP contribution < -0.4 is 15.4 Å². The summed E-state index contributed by atoms with van der Waals surface area (Å²) in [7, 11) is 1.83. The van der Waals surface area contributed by atoms with Crippen molar-refractivity contribution >= 4 is 5.96 Å². The number of nitrogens with one attached hydrogen (secondary N) is 2. The minimum atomic E-state index is 0.476. The summed E-state index contributed by atoms with van der Waals surface area (Å²) in [4.78, 5) is 9.48. The minimum absolute atomic E-state index is 0.476. The van der Waals surface area contributed by atoms with Gasteiger partial charge < -0.3 is 25.0 Å². The third kappa shape index (κ3) is 7.37. The monoisotopic (exact) mass is 431 g/mol. The summed E-state index contributed by atoms with van der Waals surface area (Å²) >= 11 is 0. The number of aliphatic imine (C=N–C) groups is 1. The van der Waals surface area contributed by atoms with Crippen LogP contribution in [0, 0.1) is 12.8 Å². The van der Waals surface area contributed by atoms with Gasteiger partial charge >= 0.3 is 0 Å². The van der Waals surface area contributed by atoms with Gasteiger partial charge in [-0.2, -0.15) is 0 Å². The summed E-state index contributed by atoms with van der Waals surface area (Å²) in [5.74, 6) is 2.28. The van der Waals surface area contributed by atoms with E-state index in [-0.39, 0.29) is 0 Å². The minimum Gasteiger partial charge on any atom is -0.493 e. The highest BCUT2D eigenvalue weighted by Gasteiger charge is 2.20. The number of likely N-dealkylation sites (N-methyl/N-ethyl adjacent to an activating group) is 1. The molecule has 2 heterocycles. The molecule has 31 heavy (non-hydrogen) atoms. The van der Waals surface area contributed by atoms with Crippen LogP contribution >= 0.6 is 0 Å². The van der Waals surface area contributed by atoms with E-state index in [1.54, 1.807) is 0 Å². The van der Waals surface area contributed by atoms with Crippen molar-refractivity contribution in [2.75, 3.05) is 66.1 Å². The number of piperazine rings is 1. The average Bonchev–Trinajstić information content (AvgIpc) is 3.32. The van der Waals surface area contributed by atoms with Crippen molar-refractivity contribution in [3.8, 4) is 5.75 Å². The largest absolute Gasteiger partial charge is 0.493 e. The van der Waals surface area contributed by atoms with Gasteiger partial charge in [0.15, 0.2) is 5.96 Å². The van der Waals surface area contributed by atoms with Gasteiger partial charge in [0, 0.05) is 70.4 Å². The predicted octanol–water partition coefficient (Wildman–Crippen LogP) is 2.10. The Kier molecular flexibility index (Phi) is 9.43. The van der Waals surface area contributed by atoms with E-state index < -0.39 is 0 Å². The van der Waals surface area contributed by atoms with Gasteiger partial charge in [-0.3, -0.25) is 9.89 Å². The molecule has 0 saturated carbocycles. The molecular formula is C24H41N5O2. The Morgan fingerprint density at radius 1 is 1.26 bits per heavy atom. The standard InChI is InChI=1S/C24H41N5O2/c1-5-28-9-11-29(12-10-28)20(3)15-26-24(25-4)27-16-22-7-6-19(2)14-23(22)31-18-21-8-13-30-17-21/h6-7,14,20-21H,5,8-13,15-18H2,1-4H3,(H2,25,26,27). The van der Waals surface area contributed by atoms with E-state index in [0.717, 1.165) is 76.2 Å². The summed E-state index contributed by atoms with van der Waals surface area (Å²) in [6, 6.07) is 6.88. The molecule has 174 valence electrons. The van der Waals surface area contributed by atoms with Gasteiger partial charge in [-0.25, -0.2) is 0 Å². The van der Waals surface area contributed by atoms with E-state index >= 15 is 0 Å². The van der Waals surface area contributed by atoms with Gasteiger partial charge in [0.25, 0.3) is 0 Å². The number of nitrogens with zero attached hydrogens (tertiary/aromatic N) is 3. The first-order valence-electron chi connectivity index (χ1n) is 11.8. The second-order valence-corrected chi connectivity index (χ2v) is 8.78. The van der Waals surface area contributed by atoms with Crippen molar-refractivity contribution in [1.29, 1.82) is 0 Å². The Balaban J connectivity index is 1.46. The van der Waals surface area contributed by atoms with Crippen LogP contribution in [0.2, 0.25) is 0 Å². The van der Waals surface area contributed by atoms with Gasteiger partial charge in [-0.05, 0) is 38.4 Å². The first-order chi connectivity index (χ1) is 15.1. The Bertz CT molecular complexity index is 697. The smallest absolute Gasteiger partial charge is 0.191 e. The van der Waals surface area contributed by atoms with Gasteiger partial charge in [-0.1, -0.05) is 19.1 Å². The van der Waals surface area contributed by atoms with Crippen LogP contribution in [-0.2, 0) is 11.3 Å². The maximum atomic E-state index is 6.17. The molecule has 1 aromatic carbocycles. The molecule has 2 N–H and O–H groups in total. The zero-order chi connectivity index (χ0) is 22.1. The normalized spacial score (nSPS) is 21.8. The highest BCUT2D eigenvalue weighted by atomic mass is 16.5. The van der Waals surface area contributed by atoms with Crippen LogP contribution in [0.4, 0.5) is 0 Å². The Hall–Kier alpha value is -1.83. The molecule has 2 unspecified atom stereocenters. The van der Waals surface area contributed by atoms with Gasteiger partial charge in [-0.15, -0.1) is 0 Å². The highest BCUT2D eigenvalue weighted by molar-refractivity contribution is 5.79. The van der Waals surface area contributed by atoms with Crippen LogP contribution in [-0.4, -0.2) is 87.9 Å². The molecule has 0 bridgehead atoms. The predicted molar refractivity (Wildman–Crippen MR) is 127 cm³/mol. The highest BCUT2D eigenvalue weighted by Crippen LogP contribution is 2.22. The summed E-state index contributed by atoms with van der Waals surface area (Å²) in [5.41, 5.74) is 2.36. The molecule has 0 aliphatic carbocycles. The second kappa shape index (κ2) is 12.3. The molecular weight excluding hydrogens is 390 g/mol. The first-order valence-corrected chi connectivity index (χ1v) is 11.8. The van der Waals surface area contributed by atoms with Gasteiger partial charge in [0.2, 0.25) is 0 Å². The molecule has 0 radical (unpaired) electrons. The van der Waals surface area contributed by atoms with Crippen molar-refractivity contribution in [3.05, 3.63) is 29.3 Å². The fourth-order valence-corrected chi connectivity index (χ4v) is 4.16. The second-order valence-electron chi connectivity index (χ2n) is 8.78. The van der Waals surface area contributed by atoms with E-state index in [1.165, 1.54) is 5.56 Å². The van der Waals surface area contributed by atoms with E-state index in [4.69, 9.17) is 9.47 Å². The summed E-state index contributed by atoms with van der Waals surface area (Å²) in [5, 5.41) is 6.95. The molecule has 7 heteroatoms. The summed E-state index contributed by atoms with van der Waals surface area (Å²) < 4.78 is 11.6. The fraction of sp³-hybridized carbons (Fsp3) is 0.708. The van der Waals surface area contributed by atoms with Crippen molar-refractivity contribution in [2.45, 2.75) is 39.8 Å². The maximum Gasteiger partial charge on any atom is 0.191 e. The topological polar surface area (TPSA) is 61.4 Å². The van der Waals surface area contributed by atoms with Crippen molar-refractivity contribution in [3.63, 3.8) is 0 Å². The number of hydrogen-bond donors (Lipinski definition) is 2. The summed E-state index contributed by atoms with van der Waals surface area (Å²) in [6.45, 7) is 16.3. The number of benzene rings is 1. The average molecular weight is 432 g/mol. The molecule has 2 atom stereocenters. The lowest BCUT2D eigenvalue weighted by Gasteiger charge is -2.37. The first kappa shape index (κ1) is 23.8. The molecule has 2 aliphatic rings. The Morgan fingerprint density at radius 3 is 2.74 bits per heavy atom.